The van der Waals surface area contributed by atoms with Gasteiger partial charge in [0.15, 0.2) is 5.16 Å². The molecule has 1 saturated heterocycles. The van der Waals surface area contributed by atoms with Crippen LogP contribution in [0.1, 0.15) is 110 Å². The highest BCUT2D eigenvalue weighted by Gasteiger charge is 2.44. The summed E-state index contributed by atoms with van der Waals surface area (Å²) in [7, 11) is 10.3. The van der Waals surface area contributed by atoms with Crippen LogP contribution < -0.4 is 10.6 Å². The van der Waals surface area contributed by atoms with Gasteiger partial charge in [0.05, 0.1) is 59.7 Å². The summed E-state index contributed by atoms with van der Waals surface area (Å²) in [6.07, 6.45) is 0.0675. The van der Waals surface area contributed by atoms with Gasteiger partial charge in [0, 0.05) is 41.9 Å². The SMILES string of the molecule is C=C(C)[C@@H](C(=O)N[C@H](C(=O)N(C)[C@@H]([C@@H](C)CC)[C@@H](CC(=O)N1CCC[C@H]1[C@H](OC)[C@@H](C)C(=O)N[C@H](C)[C@@H](O)c1ccccc1)OC)C(C)C)N(C)C(=O)OCC(C)(C)SSc1ncc(C(=O)O)n1C. The zero-order chi connectivity index (χ0) is 52.1. The number of amides is 5. The third-order valence-corrected chi connectivity index (χ3v) is 16.1. The van der Waals surface area contributed by atoms with E-state index in [1.165, 1.54) is 53.6 Å². The number of carbonyl (C=O) groups excluding carboxylic acids is 5. The molecule has 1 aliphatic rings. The first kappa shape index (κ1) is 58.7. The Bertz CT molecular complexity index is 2070. The molecule has 20 heteroatoms. The van der Waals surface area contributed by atoms with Crippen molar-refractivity contribution in [1.29, 1.82) is 0 Å². The van der Waals surface area contributed by atoms with Crippen LogP contribution in [0.3, 0.4) is 0 Å². The first-order valence-corrected chi connectivity index (χ1v) is 25.6. The van der Waals surface area contributed by atoms with Crippen molar-refractivity contribution in [2.24, 2.45) is 24.8 Å². The number of likely N-dealkylation sites (N-methyl/N-ethyl adjacent to an activating group) is 2. The molecular formula is C49H77N7O11S2. The summed E-state index contributed by atoms with van der Waals surface area (Å²) in [5.74, 6) is -3.86. The third-order valence-electron chi connectivity index (χ3n) is 12.9. The number of carboxylic acids is 1. The van der Waals surface area contributed by atoms with E-state index in [0.717, 1.165) is 4.90 Å². The molecule has 3 rings (SSSR count). The Kier molecular flexibility index (Phi) is 22.6. The maximum Gasteiger partial charge on any atom is 0.410 e. The molecule has 2 heterocycles. The van der Waals surface area contributed by atoms with Crippen molar-refractivity contribution in [2.75, 3.05) is 41.5 Å². The molecular weight excluding hydrogens is 927 g/mol. The van der Waals surface area contributed by atoms with Crippen molar-refractivity contribution in [1.82, 2.24) is 34.9 Å². The molecule has 18 nitrogen and oxygen atoms in total. The number of hydrogen-bond donors (Lipinski definition) is 4. The molecule has 1 aliphatic heterocycles. The summed E-state index contributed by atoms with van der Waals surface area (Å²) in [6, 6.07) is 5.27. The van der Waals surface area contributed by atoms with Crippen LogP contribution >= 0.6 is 21.6 Å². The molecule has 2 aromatic rings. The van der Waals surface area contributed by atoms with Gasteiger partial charge in [-0.1, -0.05) is 88.7 Å². The first-order chi connectivity index (χ1) is 32.3. The highest BCUT2D eigenvalue weighted by molar-refractivity contribution is 8.77. The molecule has 0 spiro atoms. The van der Waals surface area contributed by atoms with Crippen LogP contribution in [-0.2, 0) is 40.4 Å². The average Bonchev–Trinajstić information content (AvgIpc) is 3.95. The predicted molar refractivity (Wildman–Crippen MR) is 267 cm³/mol. The summed E-state index contributed by atoms with van der Waals surface area (Å²) < 4.78 is 18.5. The van der Waals surface area contributed by atoms with E-state index < -0.39 is 89.0 Å². The number of likely N-dealkylation sites (tertiary alicyclic amines) is 1. The van der Waals surface area contributed by atoms with Gasteiger partial charge in [0.25, 0.3) is 0 Å². The Labute approximate surface area is 416 Å². The normalized spacial score (nSPS) is 17.9. The van der Waals surface area contributed by atoms with Crippen LogP contribution in [-0.4, -0.2) is 159 Å². The number of imidazole rings is 1. The molecule has 4 N–H and O–H groups in total. The topological polar surface area (TPSA) is 222 Å². The van der Waals surface area contributed by atoms with E-state index in [-0.39, 0.29) is 36.5 Å². The van der Waals surface area contributed by atoms with Crippen molar-refractivity contribution in [3.05, 3.63) is 59.9 Å². The summed E-state index contributed by atoms with van der Waals surface area (Å²) in [6.45, 7) is 20.7. The minimum Gasteiger partial charge on any atom is -0.477 e. The monoisotopic (exact) mass is 1000 g/mol. The number of aromatic nitrogens is 2. The lowest BCUT2D eigenvalue weighted by atomic mass is 9.89. The lowest BCUT2D eigenvalue weighted by Crippen LogP contribution is -2.60. The van der Waals surface area contributed by atoms with Gasteiger partial charge < -0.3 is 49.4 Å². The lowest BCUT2D eigenvalue weighted by molar-refractivity contribution is -0.148. The van der Waals surface area contributed by atoms with E-state index >= 15 is 0 Å². The van der Waals surface area contributed by atoms with Crippen LogP contribution in [0.25, 0.3) is 0 Å². The molecule has 0 radical (unpaired) electrons. The second kappa shape index (κ2) is 26.5. The second-order valence-electron chi connectivity index (χ2n) is 19.1. The Balaban J connectivity index is 1.73. The summed E-state index contributed by atoms with van der Waals surface area (Å²) >= 11 is 0. The Morgan fingerprint density at radius 2 is 1.62 bits per heavy atom. The molecule has 1 fully saturated rings. The van der Waals surface area contributed by atoms with Gasteiger partial charge in [-0.3, -0.25) is 24.1 Å². The average molecular weight is 1000 g/mol. The Hall–Kier alpha value is -4.63. The van der Waals surface area contributed by atoms with E-state index in [1.54, 1.807) is 70.6 Å². The van der Waals surface area contributed by atoms with Gasteiger partial charge >= 0.3 is 12.1 Å². The van der Waals surface area contributed by atoms with Gasteiger partial charge in [0.2, 0.25) is 23.6 Å². The van der Waals surface area contributed by atoms with E-state index in [0.29, 0.717) is 42.1 Å². The molecule has 1 aromatic carbocycles. The molecule has 69 heavy (non-hydrogen) atoms. The highest BCUT2D eigenvalue weighted by atomic mass is 33.1. The van der Waals surface area contributed by atoms with Crippen molar-refractivity contribution in [3.8, 4) is 0 Å². The van der Waals surface area contributed by atoms with E-state index in [1.807, 2.05) is 45.9 Å². The van der Waals surface area contributed by atoms with E-state index in [9.17, 15) is 39.0 Å². The third kappa shape index (κ3) is 15.4. The number of carboxylic acid groups (broad SMARTS) is 1. The molecule has 386 valence electrons. The smallest absolute Gasteiger partial charge is 0.410 e. The van der Waals surface area contributed by atoms with Gasteiger partial charge in [-0.15, -0.1) is 0 Å². The second-order valence-corrected chi connectivity index (χ2v) is 21.9. The maximum atomic E-state index is 14.6. The quantitative estimate of drug-likeness (QED) is 0.0632. The van der Waals surface area contributed by atoms with Crippen LogP contribution in [0.4, 0.5) is 4.79 Å². The largest absolute Gasteiger partial charge is 0.477 e. The fourth-order valence-electron chi connectivity index (χ4n) is 8.66. The summed E-state index contributed by atoms with van der Waals surface area (Å²) in [5, 5.41) is 26.5. The van der Waals surface area contributed by atoms with Gasteiger partial charge in [-0.05, 0) is 74.3 Å². The van der Waals surface area contributed by atoms with Gasteiger partial charge in [0.1, 0.15) is 24.4 Å². The molecule has 0 bridgehead atoms. The fourth-order valence-corrected chi connectivity index (χ4v) is 10.9. The minimum atomic E-state index is -1.19. The van der Waals surface area contributed by atoms with E-state index in [2.05, 4.69) is 22.2 Å². The van der Waals surface area contributed by atoms with E-state index in [4.69, 9.17) is 14.2 Å². The van der Waals surface area contributed by atoms with Crippen molar-refractivity contribution < 1.29 is 53.2 Å². The lowest BCUT2D eigenvalue weighted by Gasteiger charge is -2.41. The number of hydrogen-bond acceptors (Lipinski definition) is 13. The van der Waals surface area contributed by atoms with Crippen molar-refractivity contribution in [3.63, 3.8) is 0 Å². The van der Waals surface area contributed by atoms with Crippen LogP contribution in [0.15, 0.2) is 53.8 Å². The number of benzene rings is 1. The zero-order valence-corrected chi connectivity index (χ0v) is 44.5. The number of aliphatic hydroxyl groups excluding tert-OH is 1. The number of carbonyl (C=O) groups is 6. The molecule has 10 atom stereocenters. The molecule has 0 aliphatic carbocycles. The maximum absolute atomic E-state index is 14.6. The van der Waals surface area contributed by atoms with Crippen LogP contribution in [0.5, 0.6) is 0 Å². The van der Waals surface area contributed by atoms with Gasteiger partial charge in [-0.25, -0.2) is 14.6 Å². The molecule has 0 unspecified atom stereocenters. The Morgan fingerprint density at radius 1 is 0.986 bits per heavy atom. The van der Waals surface area contributed by atoms with Crippen molar-refractivity contribution in [2.45, 2.75) is 146 Å². The number of nitrogens with one attached hydrogen (secondary N) is 2. The number of methoxy groups -OCH3 is 2. The highest BCUT2D eigenvalue weighted by Crippen LogP contribution is 2.40. The minimum absolute atomic E-state index is 0.0373. The van der Waals surface area contributed by atoms with Crippen molar-refractivity contribution >= 4 is 57.3 Å². The van der Waals surface area contributed by atoms with Crippen LogP contribution in [0, 0.1) is 17.8 Å². The standard InChI is InChI=1S/C49H77N7O11S2/c1-16-30(6)40(36(65-14)25-37(57)56-24-20-23-34(56)42(66-15)31(7)43(59)51-32(8)41(58)33-21-18-17-19-22-33)54(12)45(61)38(28(2)3)52-44(60)39(29(4)5)55(13)48(64)67-27-49(9,10)69-68-47-50-26-35(46(62)63)53(47)11/h17-19,21-22,26,28,30-32,34,36,38-42,58H,4,16,20,23-25,27H2,1-3,5-15H3,(H,51,59)(H,52,60)(H,62,63)/t30-,31+,32+,34-,36+,38-,39-,40-,41+,42+/m0/s1. The summed E-state index contributed by atoms with van der Waals surface area (Å²) in [5.41, 5.74) is 1.05. The zero-order valence-electron chi connectivity index (χ0n) is 42.9. The number of rotatable bonds is 26. The van der Waals surface area contributed by atoms with Crippen LogP contribution in [0.2, 0.25) is 0 Å². The molecule has 0 saturated carbocycles. The van der Waals surface area contributed by atoms with Gasteiger partial charge in [-0.2, -0.15) is 0 Å². The predicted octanol–water partition coefficient (Wildman–Crippen LogP) is 5.95. The number of ether oxygens (including phenoxy) is 3. The Morgan fingerprint density at radius 3 is 2.16 bits per heavy atom. The summed E-state index contributed by atoms with van der Waals surface area (Å²) in [4.78, 5) is 90.2. The number of aromatic carboxylic acids is 1. The molecule has 1 aromatic heterocycles. The number of nitrogens with zero attached hydrogens (tertiary/aromatic N) is 5. The number of aliphatic hydroxyl groups is 1. The molecule has 5 amide bonds. The first-order valence-electron chi connectivity index (χ1n) is 23.4. The fraction of sp³-hybridized carbons (Fsp3) is 0.653.